The maximum atomic E-state index is 13.6. The van der Waals surface area contributed by atoms with Crippen LogP contribution in [0.2, 0.25) is 0 Å². The van der Waals surface area contributed by atoms with Crippen molar-refractivity contribution in [3.05, 3.63) is 59.1 Å². The third kappa shape index (κ3) is 2.59. The van der Waals surface area contributed by atoms with Gasteiger partial charge >= 0.3 is 0 Å². The quantitative estimate of drug-likeness (QED) is 0.901. The fourth-order valence-corrected chi connectivity index (χ4v) is 2.03. The van der Waals surface area contributed by atoms with Crippen LogP contribution in [0.4, 0.5) is 8.78 Å². The Kier molecular flexibility index (Phi) is 3.77. The van der Waals surface area contributed by atoms with Crippen LogP contribution in [0.3, 0.4) is 0 Å². The number of likely N-dealkylation sites (N-methyl/N-ethyl adjacent to an activating group) is 1. The second kappa shape index (κ2) is 5.31. The number of furan rings is 1. The van der Waals surface area contributed by atoms with E-state index < -0.39 is 11.6 Å². The molecule has 0 saturated carbocycles. The Bertz CT molecular complexity index is 536. The largest absolute Gasteiger partial charge is 0.469 e. The Balaban J connectivity index is 2.23. The minimum Gasteiger partial charge on any atom is -0.469 e. The lowest BCUT2D eigenvalue weighted by Gasteiger charge is -2.16. The molecule has 0 saturated heterocycles. The second-order valence-electron chi connectivity index (χ2n) is 4.21. The van der Waals surface area contributed by atoms with Crippen molar-refractivity contribution >= 4 is 0 Å². The summed E-state index contributed by atoms with van der Waals surface area (Å²) in [6, 6.07) is 5.46. The van der Waals surface area contributed by atoms with Crippen molar-refractivity contribution in [2.75, 3.05) is 7.05 Å². The summed E-state index contributed by atoms with van der Waals surface area (Å²) in [7, 11) is 1.80. The van der Waals surface area contributed by atoms with Gasteiger partial charge in [-0.3, -0.25) is 0 Å². The molecular formula is C14H15F2NO. The smallest absolute Gasteiger partial charge is 0.129 e. The van der Waals surface area contributed by atoms with E-state index in [-0.39, 0.29) is 6.04 Å². The van der Waals surface area contributed by atoms with E-state index in [1.807, 2.05) is 13.0 Å². The summed E-state index contributed by atoms with van der Waals surface area (Å²) in [4.78, 5) is 0. The van der Waals surface area contributed by atoms with Crippen molar-refractivity contribution in [3.8, 4) is 0 Å². The van der Waals surface area contributed by atoms with Crippen molar-refractivity contribution in [1.82, 2.24) is 5.32 Å². The Morgan fingerprint density at radius 2 is 2.06 bits per heavy atom. The Morgan fingerprint density at radius 1 is 1.28 bits per heavy atom. The van der Waals surface area contributed by atoms with Gasteiger partial charge in [0.1, 0.15) is 17.4 Å². The molecule has 1 heterocycles. The third-order valence-electron chi connectivity index (χ3n) is 3.06. The van der Waals surface area contributed by atoms with E-state index in [0.717, 1.165) is 17.4 Å². The van der Waals surface area contributed by atoms with E-state index in [1.54, 1.807) is 13.3 Å². The average Bonchev–Trinajstić information content (AvgIpc) is 2.75. The van der Waals surface area contributed by atoms with Gasteiger partial charge in [-0.15, -0.1) is 0 Å². The molecule has 18 heavy (non-hydrogen) atoms. The molecule has 0 fully saturated rings. The van der Waals surface area contributed by atoms with Crippen molar-refractivity contribution in [1.29, 1.82) is 0 Å². The van der Waals surface area contributed by atoms with Gasteiger partial charge in [-0.25, -0.2) is 8.78 Å². The summed E-state index contributed by atoms with van der Waals surface area (Å²) >= 11 is 0. The predicted molar refractivity (Wildman–Crippen MR) is 65.3 cm³/mol. The molecule has 0 amide bonds. The minimum atomic E-state index is -0.559. The van der Waals surface area contributed by atoms with Crippen LogP contribution in [0.15, 0.2) is 34.9 Å². The maximum Gasteiger partial charge on any atom is 0.129 e. The van der Waals surface area contributed by atoms with Crippen LogP contribution in [0.1, 0.15) is 22.9 Å². The highest BCUT2D eigenvalue weighted by molar-refractivity contribution is 5.26. The molecule has 1 N–H and O–H groups in total. The van der Waals surface area contributed by atoms with Gasteiger partial charge in [0.15, 0.2) is 0 Å². The van der Waals surface area contributed by atoms with E-state index in [2.05, 4.69) is 5.32 Å². The fraction of sp³-hybridized carbons (Fsp3) is 0.286. The Labute approximate surface area is 105 Å². The van der Waals surface area contributed by atoms with Gasteiger partial charge in [0.25, 0.3) is 0 Å². The number of nitrogens with one attached hydrogen (secondary N) is 1. The van der Waals surface area contributed by atoms with Crippen LogP contribution < -0.4 is 5.32 Å². The molecule has 96 valence electrons. The highest BCUT2D eigenvalue weighted by Gasteiger charge is 2.16. The summed E-state index contributed by atoms with van der Waals surface area (Å²) in [5.74, 6) is -0.273. The SMILES string of the molecule is CNC(Cc1ccc(F)cc1F)c1ccoc1C. The molecule has 0 radical (unpaired) electrons. The summed E-state index contributed by atoms with van der Waals surface area (Å²) in [6.45, 7) is 1.86. The van der Waals surface area contributed by atoms with Crippen LogP contribution in [0.5, 0.6) is 0 Å². The van der Waals surface area contributed by atoms with Crippen molar-refractivity contribution in [2.45, 2.75) is 19.4 Å². The standard InChI is InChI=1S/C14H15F2NO/c1-9-12(5-6-18-9)14(17-2)7-10-3-4-11(15)8-13(10)16/h3-6,8,14,17H,7H2,1-2H3. The zero-order valence-electron chi connectivity index (χ0n) is 10.3. The van der Waals surface area contributed by atoms with Crippen LogP contribution in [-0.2, 0) is 6.42 Å². The monoisotopic (exact) mass is 251 g/mol. The summed E-state index contributed by atoms with van der Waals surface area (Å²) in [5, 5.41) is 3.12. The van der Waals surface area contributed by atoms with Crippen molar-refractivity contribution in [3.63, 3.8) is 0 Å². The van der Waals surface area contributed by atoms with E-state index in [9.17, 15) is 8.78 Å². The number of benzene rings is 1. The Hall–Kier alpha value is -1.68. The van der Waals surface area contributed by atoms with E-state index in [1.165, 1.54) is 12.1 Å². The molecule has 0 aliphatic carbocycles. The molecule has 2 nitrogen and oxygen atoms in total. The molecule has 1 unspecified atom stereocenters. The highest BCUT2D eigenvalue weighted by atomic mass is 19.1. The average molecular weight is 251 g/mol. The summed E-state index contributed by atoms with van der Waals surface area (Å²) < 4.78 is 31.7. The van der Waals surface area contributed by atoms with Gasteiger partial charge in [0.2, 0.25) is 0 Å². The van der Waals surface area contributed by atoms with Gasteiger partial charge in [-0.2, -0.15) is 0 Å². The first-order chi connectivity index (χ1) is 8.61. The molecule has 2 rings (SSSR count). The lowest BCUT2D eigenvalue weighted by molar-refractivity contribution is 0.505. The first kappa shape index (κ1) is 12.8. The molecular weight excluding hydrogens is 236 g/mol. The molecule has 1 atom stereocenters. The van der Waals surface area contributed by atoms with E-state index in [4.69, 9.17) is 4.42 Å². The fourth-order valence-electron chi connectivity index (χ4n) is 2.03. The normalized spacial score (nSPS) is 12.7. The second-order valence-corrected chi connectivity index (χ2v) is 4.21. The third-order valence-corrected chi connectivity index (χ3v) is 3.06. The van der Waals surface area contributed by atoms with Crippen LogP contribution in [0, 0.1) is 18.6 Å². The summed E-state index contributed by atoms with van der Waals surface area (Å²) in [6.07, 6.45) is 2.05. The number of hydrogen-bond acceptors (Lipinski definition) is 2. The van der Waals surface area contributed by atoms with Gasteiger partial charge < -0.3 is 9.73 Å². The van der Waals surface area contributed by atoms with Crippen molar-refractivity contribution < 1.29 is 13.2 Å². The van der Waals surface area contributed by atoms with Crippen LogP contribution >= 0.6 is 0 Å². The molecule has 0 aliphatic heterocycles. The van der Waals surface area contributed by atoms with E-state index in [0.29, 0.717) is 12.0 Å². The van der Waals surface area contributed by atoms with Crippen LogP contribution in [-0.4, -0.2) is 7.05 Å². The van der Waals surface area contributed by atoms with Crippen molar-refractivity contribution in [2.24, 2.45) is 0 Å². The number of hydrogen-bond donors (Lipinski definition) is 1. The zero-order valence-corrected chi connectivity index (χ0v) is 10.3. The molecule has 0 bridgehead atoms. The minimum absolute atomic E-state index is 0.0521. The van der Waals surface area contributed by atoms with Gasteiger partial charge in [0.05, 0.1) is 6.26 Å². The first-order valence-electron chi connectivity index (χ1n) is 5.77. The molecule has 0 spiro atoms. The van der Waals surface area contributed by atoms with Crippen LogP contribution in [0.25, 0.3) is 0 Å². The highest BCUT2D eigenvalue weighted by Crippen LogP contribution is 2.23. The Morgan fingerprint density at radius 3 is 2.61 bits per heavy atom. The lowest BCUT2D eigenvalue weighted by atomic mass is 9.99. The van der Waals surface area contributed by atoms with Gasteiger partial charge in [-0.05, 0) is 38.1 Å². The predicted octanol–water partition coefficient (Wildman–Crippen LogP) is 3.37. The lowest BCUT2D eigenvalue weighted by Crippen LogP contribution is -2.19. The molecule has 0 aliphatic rings. The van der Waals surface area contributed by atoms with E-state index >= 15 is 0 Å². The number of rotatable bonds is 4. The zero-order chi connectivity index (χ0) is 13.1. The molecule has 1 aromatic carbocycles. The first-order valence-corrected chi connectivity index (χ1v) is 5.77. The van der Waals surface area contributed by atoms with Gasteiger partial charge in [-0.1, -0.05) is 6.07 Å². The van der Waals surface area contributed by atoms with Gasteiger partial charge in [0, 0.05) is 17.7 Å². The molecule has 4 heteroatoms. The molecule has 1 aromatic heterocycles. The number of aryl methyl sites for hydroxylation is 1. The maximum absolute atomic E-state index is 13.6. The number of halogens is 2. The summed E-state index contributed by atoms with van der Waals surface area (Å²) in [5.41, 5.74) is 1.47. The topological polar surface area (TPSA) is 25.2 Å². The molecule has 2 aromatic rings.